The van der Waals surface area contributed by atoms with Crippen molar-refractivity contribution in [2.24, 2.45) is 0 Å². The molecule has 0 radical (unpaired) electrons. The summed E-state index contributed by atoms with van der Waals surface area (Å²) < 4.78 is 68.5. The summed E-state index contributed by atoms with van der Waals surface area (Å²) in [6.07, 6.45) is 91.9. The summed E-state index contributed by atoms with van der Waals surface area (Å²) in [6, 6.07) is 0. The van der Waals surface area contributed by atoms with Gasteiger partial charge in [-0.25, -0.2) is 9.13 Å². The fourth-order valence-corrected chi connectivity index (χ4v) is 11.6. The van der Waals surface area contributed by atoms with Gasteiger partial charge < -0.3 is 33.8 Å². The van der Waals surface area contributed by atoms with E-state index in [-0.39, 0.29) is 25.7 Å². The van der Waals surface area contributed by atoms with Gasteiger partial charge in [-0.3, -0.25) is 37.3 Å². The standard InChI is InChI=1S/C87H142O17P2/c1-5-9-13-17-21-25-29-33-36-38-40-42-45-48-51-55-59-63-67-71-84(89)97-77-82(103-86(91)73-69-65-61-57-53-47-32-28-24-20-16-12-8-4)79-101-105(93,94)99-75-81(88)76-100-106(95,96)102-80-83(104-87(92)74-70-66-62-58-54-50-44-35-31-27-23-19-15-11-7-3)78-98-85(90)72-68-64-60-56-52-49-46-43-41-39-37-34-30-26-22-18-14-10-6-2/h10-11,14-16,20-23,25-28,32-37,40-44,49,52,54,58,81-83,88H,5-9,12-13,17-19,24,29-31,38-39,45-48,50-51,53,55-57,59-80H2,1-4H3,(H,93,94)(H,95,96)/b14-10-,15-11-,20-16-,25-21-,26-22-,27-23-,32-28-,36-33-,37-34-,42-40-,43-41-,44-35-,52-49-,58-54-. The second-order valence-corrected chi connectivity index (χ2v) is 29.1. The fraction of sp³-hybridized carbons (Fsp3) is 0.632. The molecule has 17 nitrogen and oxygen atoms in total. The molecule has 0 heterocycles. The van der Waals surface area contributed by atoms with E-state index >= 15 is 0 Å². The van der Waals surface area contributed by atoms with Crippen LogP contribution in [-0.4, -0.2) is 96.7 Å². The van der Waals surface area contributed by atoms with E-state index in [0.717, 1.165) is 193 Å². The van der Waals surface area contributed by atoms with Crippen LogP contribution in [0.3, 0.4) is 0 Å². The van der Waals surface area contributed by atoms with E-state index in [4.69, 9.17) is 37.0 Å². The zero-order chi connectivity index (χ0) is 77.4. The van der Waals surface area contributed by atoms with Gasteiger partial charge in [-0.05, 0) is 173 Å². The van der Waals surface area contributed by atoms with Crippen molar-refractivity contribution >= 4 is 39.5 Å². The molecule has 0 rings (SSSR count). The van der Waals surface area contributed by atoms with E-state index in [2.05, 4.69) is 198 Å². The third-order valence-electron chi connectivity index (χ3n) is 16.1. The number of phosphoric acid groups is 2. The number of hydrogen-bond donors (Lipinski definition) is 3. The van der Waals surface area contributed by atoms with Crippen LogP contribution >= 0.6 is 15.6 Å². The second kappa shape index (κ2) is 77.6. The molecule has 5 unspecified atom stereocenters. The van der Waals surface area contributed by atoms with E-state index in [9.17, 15) is 43.2 Å². The summed E-state index contributed by atoms with van der Waals surface area (Å²) in [4.78, 5) is 73.1. The molecule has 0 aromatic carbocycles. The number of esters is 4. The number of carbonyl (C=O) groups is 4. The smallest absolute Gasteiger partial charge is 0.462 e. The Hall–Kier alpha value is -5.58. The molecule has 0 fully saturated rings. The Bertz CT molecular complexity index is 2680. The Morgan fingerprint density at radius 2 is 0.509 bits per heavy atom. The number of hydrogen-bond acceptors (Lipinski definition) is 15. The lowest BCUT2D eigenvalue weighted by atomic mass is 10.1. The minimum Gasteiger partial charge on any atom is -0.462 e. The molecule has 0 saturated carbocycles. The van der Waals surface area contributed by atoms with Gasteiger partial charge in [0.25, 0.3) is 0 Å². The van der Waals surface area contributed by atoms with Crippen LogP contribution in [0.25, 0.3) is 0 Å². The quantitative estimate of drug-likeness (QED) is 0.0169. The van der Waals surface area contributed by atoms with Gasteiger partial charge in [0, 0.05) is 25.7 Å². The maximum absolute atomic E-state index is 13.1. The summed E-state index contributed by atoms with van der Waals surface area (Å²) in [5, 5.41) is 10.6. The van der Waals surface area contributed by atoms with Crippen LogP contribution in [0.15, 0.2) is 170 Å². The van der Waals surface area contributed by atoms with Gasteiger partial charge in [0.15, 0.2) is 12.2 Å². The maximum atomic E-state index is 13.1. The van der Waals surface area contributed by atoms with Gasteiger partial charge in [-0.2, -0.15) is 0 Å². The summed E-state index contributed by atoms with van der Waals surface area (Å²) in [5.41, 5.74) is 0. The van der Waals surface area contributed by atoms with Crippen molar-refractivity contribution in [2.45, 2.75) is 316 Å². The first kappa shape index (κ1) is 100. The summed E-state index contributed by atoms with van der Waals surface area (Å²) in [5.74, 6) is -2.30. The molecule has 0 bridgehead atoms. The van der Waals surface area contributed by atoms with Crippen molar-refractivity contribution in [1.82, 2.24) is 0 Å². The lowest BCUT2D eigenvalue weighted by molar-refractivity contribution is -0.161. The van der Waals surface area contributed by atoms with Gasteiger partial charge in [0.2, 0.25) is 0 Å². The molecule has 19 heteroatoms. The van der Waals surface area contributed by atoms with Crippen molar-refractivity contribution < 1.29 is 80.2 Å². The fourth-order valence-electron chi connectivity index (χ4n) is 10.0. The third-order valence-corrected chi connectivity index (χ3v) is 18.0. The highest BCUT2D eigenvalue weighted by Crippen LogP contribution is 2.45. The van der Waals surface area contributed by atoms with Crippen LogP contribution in [0.2, 0.25) is 0 Å². The molecule has 0 aliphatic carbocycles. The van der Waals surface area contributed by atoms with Crippen molar-refractivity contribution in [3.63, 3.8) is 0 Å². The monoisotopic (exact) mass is 1520 g/mol. The topological polar surface area (TPSA) is 237 Å². The summed E-state index contributed by atoms with van der Waals surface area (Å²) in [6.45, 7) is 4.42. The van der Waals surface area contributed by atoms with E-state index < -0.39 is 97.5 Å². The van der Waals surface area contributed by atoms with Crippen LogP contribution in [0.5, 0.6) is 0 Å². The first-order valence-corrected chi connectivity index (χ1v) is 43.4. The lowest BCUT2D eigenvalue weighted by Crippen LogP contribution is -2.30. The summed E-state index contributed by atoms with van der Waals surface area (Å²) >= 11 is 0. The number of ether oxygens (including phenoxy) is 4. The van der Waals surface area contributed by atoms with Crippen molar-refractivity contribution in [2.75, 3.05) is 39.6 Å². The van der Waals surface area contributed by atoms with Crippen LogP contribution in [0.4, 0.5) is 0 Å². The minimum absolute atomic E-state index is 0.0283. The maximum Gasteiger partial charge on any atom is 0.472 e. The van der Waals surface area contributed by atoms with Gasteiger partial charge in [0.05, 0.1) is 26.4 Å². The Kier molecular flexibility index (Phi) is 73.5. The first-order valence-electron chi connectivity index (χ1n) is 40.4. The molecule has 0 saturated heterocycles. The third kappa shape index (κ3) is 76.6. The predicted octanol–water partition coefficient (Wildman–Crippen LogP) is 23.8. The lowest BCUT2D eigenvalue weighted by Gasteiger charge is -2.21. The number of allylic oxidation sites excluding steroid dienone is 28. The molecule has 0 aliphatic heterocycles. The normalized spacial score (nSPS) is 14.7. The Balaban J connectivity index is 5.44. The van der Waals surface area contributed by atoms with Crippen LogP contribution < -0.4 is 0 Å². The van der Waals surface area contributed by atoms with E-state index in [1.807, 2.05) is 0 Å². The predicted molar refractivity (Wildman–Crippen MR) is 436 cm³/mol. The molecular formula is C87H142O17P2. The van der Waals surface area contributed by atoms with Crippen molar-refractivity contribution in [3.05, 3.63) is 170 Å². The van der Waals surface area contributed by atoms with Gasteiger partial charge in [-0.15, -0.1) is 0 Å². The van der Waals surface area contributed by atoms with Crippen LogP contribution in [0, 0.1) is 0 Å². The van der Waals surface area contributed by atoms with E-state index in [0.29, 0.717) is 32.1 Å². The van der Waals surface area contributed by atoms with Crippen molar-refractivity contribution in [3.8, 4) is 0 Å². The van der Waals surface area contributed by atoms with Crippen molar-refractivity contribution in [1.29, 1.82) is 0 Å². The van der Waals surface area contributed by atoms with E-state index in [1.165, 1.54) is 19.3 Å². The van der Waals surface area contributed by atoms with Crippen LogP contribution in [-0.2, 0) is 65.4 Å². The molecule has 106 heavy (non-hydrogen) atoms. The Labute approximate surface area is 642 Å². The summed E-state index contributed by atoms with van der Waals surface area (Å²) in [7, 11) is -10.0. The second-order valence-electron chi connectivity index (χ2n) is 26.2. The van der Waals surface area contributed by atoms with Gasteiger partial charge >= 0.3 is 39.5 Å². The average molecular weight is 1520 g/mol. The van der Waals surface area contributed by atoms with Gasteiger partial charge in [0.1, 0.15) is 19.3 Å². The highest BCUT2D eigenvalue weighted by Gasteiger charge is 2.30. The molecule has 0 aromatic rings. The largest absolute Gasteiger partial charge is 0.472 e. The zero-order valence-corrected chi connectivity index (χ0v) is 67.6. The number of phosphoric ester groups is 2. The molecule has 0 amide bonds. The Morgan fingerprint density at radius 1 is 0.274 bits per heavy atom. The molecule has 3 N–H and O–H groups in total. The van der Waals surface area contributed by atoms with Gasteiger partial charge in [-0.1, -0.05) is 268 Å². The highest BCUT2D eigenvalue weighted by atomic mass is 31.2. The number of unbranched alkanes of at least 4 members (excludes halogenated alkanes) is 20. The molecule has 0 aliphatic rings. The number of rotatable bonds is 74. The minimum atomic E-state index is -5.01. The van der Waals surface area contributed by atoms with Crippen LogP contribution in [0.1, 0.15) is 297 Å². The number of carbonyl (C=O) groups excluding carboxylic acids is 4. The Morgan fingerprint density at radius 3 is 0.821 bits per heavy atom. The molecule has 0 spiro atoms. The number of aliphatic hydroxyl groups excluding tert-OH is 1. The molecular weight excluding hydrogens is 1380 g/mol. The highest BCUT2D eigenvalue weighted by molar-refractivity contribution is 7.47. The zero-order valence-electron chi connectivity index (χ0n) is 65.8. The molecule has 5 atom stereocenters. The molecule has 0 aromatic heterocycles. The number of aliphatic hydroxyl groups is 1. The van der Waals surface area contributed by atoms with E-state index in [1.54, 1.807) is 0 Å². The SMILES string of the molecule is CC/C=C\C/C=C\C/C=C\C/C=C\C/C=C\CCCCCC(=O)OCC(COP(=O)(O)OCC(O)COP(=O)(O)OCC(COC(=O)CCCCCCCC/C=C\C/C=C\C/C=C\CCCCC)OC(=O)CCCCCCC/C=C\C/C=C\CCC)OC(=O)CCCC/C=C\C/C=C\C/C=C\C/C=C\CC. The first-order chi connectivity index (χ1) is 51.7. The average Bonchev–Trinajstić information content (AvgIpc) is 0.933. The molecule has 602 valence electrons.